The first kappa shape index (κ1) is 12.9. The van der Waals surface area contributed by atoms with Gasteiger partial charge in [-0.15, -0.1) is 0 Å². The number of rotatable bonds is 6. The van der Waals surface area contributed by atoms with Crippen molar-refractivity contribution in [1.29, 1.82) is 0 Å². The highest BCUT2D eigenvalue weighted by Gasteiger charge is 2.12. The molecule has 0 radical (unpaired) electrons. The zero-order chi connectivity index (χ0) is 10.5. The zero-order valence-electron chi connectivity index (χ0n) is 9.59. The number of hydrogen-bond donors (Lipinski definition) is 2. The summed E-state index contributed by atoms with van der Waals surface area (Å²) in [5, 5.41) is 12.8. The lowest BCUT2D eigenvalue weighted by molar-refractivity contribution is 0.0703. The van der Waals surface area contributed by atoms with Crippen molar-refractivity contribution in [3.05, 3.63) is 0 Å². The van der Waals surface area contributed by atoms with E-state index in [1.807, 2.05) is 13.8 Å². The van der Waals surface area contributed by atoms with Gasteiger partial charge >= 0.3 is 0 Å². The van der Waals surface area contributed by atoms with Crippen LogP contribution in [0.15, 0.2) is 0 Å². The van der Waals surface area contributed by atoms with Gasteiger partial charge in [0.05, 0.1) is 5.60 Å². The van der Waals surface area contributed by atoms with Gasteiger partial charge in [0.1, 0.15) is 0 Å². The molecule has 0 spiro atoms. The first-order chi connectivity index (χ1) is 5.81. The SMILES string of the molecule is CC(CN(C)C)NCCC(C)(C)O. The topological polar surface area (TPSA) is 35.5 Å². The number of aliphatic hydroxyl groups is 1. The van der Waals surface area contributed by atoms with Crippen LogP contribution < -0.4 is 5.32 Å². The summed E-state index contributed by atoms with van der Waals surface area (Å²) in [4.78, 5) is 2.15. The van der Waals surface area contributed by atoms with Gasteiger partial charge in [-0.3, -0.25) is 0 Å². The molecule has 0 aromatic rings. The van der Waals surface area contributed by atoms with Gasteiger partial charge < -0.3 is 15.3 Å². The van der Waals surface area contributed by atoms with E-state index >= 15 is 0 Å². The van der Waals surface area contributed by atoms with Crippen molar-refractivity contribution in [3.63, 3.8) is 0 Å². The molecule has 0 aliphatic heterocycles. The third kappa shape index (κ3) is 9.80. The molecule has 0 fully saturated rings. The van der Waals surface area contributed by atoms with E-state index in [-0.39, 0.29) is 0 Å². The summed E-state index contributed by atoms with van der Waals surface area (Å²) in [6.45, 7) is 7.74. The van der Waals surface area contributed by atoms with E-state index in [4.69, 9.17) is 0 Å². The molecule has 13 heavy (non-hydrogen) atoms. The summed E-state index contributed by atoms with van der Waals surface area (Å²) in [6, 6.07) is 0.484. The second-order valence-electron chi connectivity index (χ2n) is 4.68. The first-order valence-corrected chi connectivity index (χ1v) is 4.92. The Kier molecular flexibility index (Phi) is 5.53. The van der Waals surface area contributed by atoms with Crippen LogP contribution in [0.3, 0.4) is 0 Å². The van der Waals surface area contributed by atoms with Crippen LogP contribution in [0.5, 0.6) is 0 Å². The number of likely N-dealkylation sites (N-methyl/N-ethyl adjacent to an activating group) is 1. The first-order valence-electron chi connectivity index (χ1n) is 4.92. The highest BCUT2D eigenvalue weighted by Crippen LogP contribution is 2.05. The Bertz CT molecular complexity index is 129. The van der Waals surface area contributed by atoms with E-state index in [1.54, 1.807) is 0 Å². The quantitative estimate of drug-likeness (QED) is 0.643. The van der Waals surface area contributed by atoms with Crippen molar-refractivity contribution < 1.29 is 5.11 Å². The monoisotopic (exact) mass is 188 g/mol. The number of hydrogen-bond acceptors (Lipinski definition) is 3. The maximum atomic E-state index is 9.46. The predicted octanol–water partition coefficient (Wildman–Crippen LogP) is 0.687. The lowest BCUT2D eigenvalue weighted by Crippen LogP contribution is -2.38. The third-order valence-corrected chi connectivity index (χ3v) is 1.87. The Morgan fingerprint density at radius 1 is 1.38 bits per heavy atom. The summed E-state index contributed by atoms with van der Waals surface area (Å²) in [5.74, 6) is 0. The minimum atomic E-state index is -0.551. The standard InChI is InChI=1S/C10H24N2O/c1-9(8-12(4)5)11-7-6-10(2,3)13/h9,11,13H,6-8H2,1-5H3. The minimum absolute atomic E-state index is 0.484. The van der Waals surface area contributed by atoms with Crippen molar-refractivity contribution in [2.75, 3.05) is 27.2 Å². The van der Waals surface area contributed by atoms with E-state index in [2.05, 4.69) is 31.2 Å². The molecule has 0 heterocycles. The summed E-state index contributed by atoms with van der Waals surface area (Å²) in [7, 11) is 4.13. The maximum Gasteiger partial charge on any atom is 0.0603 e. The Balaban J connectivity index is 3.42. The molecule has 0 rings (SSSR count). The molecule has 80 valence electrons. The van der Waals surface area contributed by atoms with Crippen LogP contribution in [0.25, 0.3) is 0 Å². The van der Waals surface area contributed by atoms with Crippen molar-refractivity contribution >= 4 is 0 Å². The van der Waals surface area contributed by atoms with Crippen LogP contribution in [0.4, 0.5) is 0 Å². The summed E-state index contributed by atoms with van der Waals surface area (Å²) in [6.07, 6.45) is 0.796. The number of nitrogens with one attached hydrogen (secondary N) is 1. The van der Waals surface area contributed by atoms with Crippen molar-refractivity contribution in [3.8, 4) is 0 Å². The normalized spacial score (nSPS) is 15.0. The molecular formula is C10H24N2O. The molecule has 0 bridgehead atoms. The van der Waals surface area contributed by atoms with Crippen LogP contribution in [-0.4, -0.2) is 48.8 Å². The summed E-state index contributed by atoms with van der Waals surface area (Å²) in [5.41, 5.74) is -0.551. The number of nitrogens with zero attached hydrogens (tertiary/aromatic N) is 1. The Labute approximate surface area is 82.1 Å². The lowest BCUT2D eigenvalue weighted by atomic mass is 10.1. The van der Waals surface area contributed by atoms with E-state index in [9.17, 15) is 5.11 Å². The second kappa shape index (κ2) is 5.58. The molecule has 3 nitrogen and oxygen atoms in total. The second-order valence-corrected chi connectivity index (χ2v) is 4.68. The Morgan fingerprint density at radius 2 is 1.92 bits per heavy atom. The molecule has 1 unspecified atom stereocenters. The molecule has 0 saturated heterocycles. The van der Waals surface area contributed by atoms with E-state index in [0.717, 1.165) is 19.5 Å². The van der Waals surface area contributed by atoms with E-state index in [0.29, 0.717) is 6.04 Å². The molecule has 1 atom stereocenters. The minimum Gasteiger partial charge on any atom is -0.390 e. The van der Waals surface area contributed by atoms with E-state index in [1.165, 1.54) is 0 Å². The van der Waals surface area contributed by atoms with Gasteiger partial charge in [0.2, 0.25) is 0 Å². The highest BCUT2D eigenvalue weighted by atomic mass is 16.3. The van der Waals surface area contributed by atoms with Gasteiger partial charge in [0.15, 0.2) is 0 Å². The average molecular weight is 188 g/mol. The molecule has 2 N–H and O–H groups in total. The van der Waals surface area contributed by atoms with Crippen molar-refractivity contribution in [1.82, 2.24) is 10.2 Å². The Hall–Kier alpha value is -0.120. The van der Waals surface area contributed by atoms with Crippen LogP contribution in [0, 0.1) is 0 Å². The molecule has 3 heteroatoms. The highest BCUT2D eigenvalue weighted by molar-refractivity contribution is 4.69. The third-order valence-electron chi connectivity index (χ3n) is 1.87. The largest absolute Gasteiger partial charge is 0.390 e. The molecule has 0 aliphatic rings. The molecule has 0 aromatic carbocycles. The van der Waals surface area contributed by atoms with Gasteiger partial charge in [-0.1, -0.05) is 0 Å². The average Bonchev–Trinajstić information content (AvgIpc) is 1.81. The maximum absolute atomic E-state index is 9.46. The zero-order valence-corrected chi connectivity index (χ0v) is 9.59. The fourth-order valence-corrected chi connectivity index (χ4v) is 1.24. The molecule has 0 aromatic heterocycles. The molecular weight excluding hydrogens is 164 g/mol. The Morgan fingerprint density at radius 3 is 2.31 bits per heavy atom. The van der Waals surface area contributed by atoms with Gasteiger partial charge in [-0.25, -0.2) is 0 Å². The molecule has 0 saturated carbocycles. The fourth-order valence-electron chi connectivity index (χ4n) is 1.24. The van der Waals surface area contributed by atoms with Crippen molar-refractivity contribution in [2.24, 2.45) is 0 Å². The van der Waals surface area contributed by atoms with Gasteiger partial charge in [0.25, 0.3) is 0 Å². The van der Waals surface area contributed by atoms with Gasteiger partial charge in [-0.2, -0.15) is 0 Å². The summed E-state index contributed by atoms with van der Waals surface area (Å²) >= 11 is 0. The van der Waals surface area contributed by atoms with Gasteiger partial charge in [-0.05, 0) is 47.8 Å². The van der Waals surface area contributed by atoms with Crippen LogP contribution in [-0.2, 0) is 0 Å². The fraction of sp³-hybridized carbons (Fsp3) is 1.00. The molecule has 0 aliphatic carbocycles. The molecule has 0 amide bonds. The van der Waals surface area contributed by atoms with Crippen LogP contribution >= 0.6 is 0 Å². The van der Waals surface area contributed by atoms with Crippen LogP contribution in [0.2, 0.25) is 0 Å². The van der Waals surface area contributed by atoms with E-state index < -0.39 is 5.60 Å². The van der Waals surface area contributed by atoms with Gasteiger partial charge in [0, 0.05) is 12.6 Å². The summed E-state index contributed by atoms with van der Waals surface area (Å²) < 4.78 is 0. The predicted molar refractivity (Wildman–Crippen MR) is 56.9 cm³/mol. The lowest BCUT2D eigenvalue weighted by Gasteiger charge is -2.21. The van der Waals surface area contributed by atoms with Crippen LogP contribution in [0.1, 0.15) is 27.2 Å². The van der Waals surface area contributed by atoms with Crippen molar-refractivity contribution in [2.45, 2.75) is 38.8 Å². The smallest absolute Gasteiger partial charge is 0.0603 e.